The van der Waals surface area contributed by atoms with Gasteiger partial charge < -0.3 is 15.4 Å². The molecule has 1 saturated heterocycles. The molecule has 0 aromatic heterocycles. The fourth-order valence-electron chi connectivity index (χ4n) is 2.40. The van der Waals surface area contributed by atoms with Crippen molar-refractivity contribution in [3.63, 3.8) is 0 Å². The van der Waals surface area contributed by atoms with Gasteiger partial charge in [0.1, 0.15) is 0 Å². The van der Waals surface area contributed by atoms with E-state index in [0.717, 1.165) is 43.9 Å². The first kappa shape index (κ1) is 14.9. The van der Waals surface area contributed by atoms with Crippen molar-refractivity contribution in [2.24, 2.45) is 5.92 Å². The van der Waals surface area contributed by atoms with E-state index < -0.39 is 0 Å². The first-order chi connectivity index (χ1) is 9.78. The van der Waals surface area contributed by atoms with Crippen molar-refractivity contribution in [2.75, 3.05) is 31.6 Å². The van der Waals surface area contributed by atoms with Crippen LogP contribution >= 0.6 is 0 Å². The van der Waals surface area contributed by atoms with Gasteiger partial charge in [0.05, 0.1) is 6.42 Å². The zero-order valence-corrected chi connectivity index (χ0v) is 12.2. The summed E-state index contributed by atoms with van der Waals surface area (Å²) in [4.78, 5) is 11.5. The minimum atomic E-state index is 0.0791. The molecule has 0 aliphatic carbocycles. The summed E-state index contributed by atoms with van der Waals surface area (Å²) in [6, 6.07) is 8.13. The fraction of sp³-hybridized carbons (Fsp3) is 0.562. The van der Waals surface area contributed by atoms with Crippen molar-refractivity contribution in [3.05, 3.63) is 29.8 Å². The summed E-state index contributed by atoms with van der Waals surface area (Å²) in [5.41, 5.74) is 2.17. The fourth-order valence-corrected chi connectivity index (χ4v) is 2.40. The molecule has 1 fully saturated rings. The molecule has 4 nitrogen and oxygen atoms in total. The van der Waals surface area contributed by atoms with Crippen LogP contribution in [0.2, 0.25) is 0 Å². The number of ether oxygens (including phenoxy) is 1. The molecule has 1 heterocycles. The number of carbonyl (C=O) groups excluding carboxylic acids is 1. The number of nitrogens with one attached hydrogen (secondary N) is 2. The van der Waals surface area contributed by atoms with E-state index in [9.17, 15) is 4.79 Å². The Hall–Kier alpha value is -1.55. The van der Waals surface area contributed by atoms with Gasteiger partial charge in [0.2, 0.25) is 5.91 Å². The van der Waals surface area contributed by atoms with Crippen LogP contribution in [-0.2, 0) is 16.0 Å². The van der Waals surface area contributed by atoms with Gasteiger partial charge in [-0.1, -0.05) is 12.1 Å². The van der Waals surface area contributed by atoms with Crippen LogP contribution in [0.1, 0.15) is 25.3 Å². The summed E-state index contributed by atoms with van der Waals surface area (Å²) in [6.45, 7) is 5.39. The monoisotopic (exact) mass is 276 g/mol. The lowest BCUT2D eigenvalue weighted by atomic mass is 10.0. The van der Waals surface area contributed by atoms with Gasteiger partial charge in [-0.15, -0.1) is 0 Å². The molecule has 0 saturated carbocycles. The van der Waals surface area contributed by atoms with E-state index in [2.05, 4.69) is 10.6 Å². The zero-order chi connectivity index (χ0) is 14.2. The van der Waals surface area contributed by atoms with Crippen molar-refractivity contribution in [1.82, 2.24) is 5.32 Å². The Morgan fingerprint density at radius 2 is 1.95 bits per heavy atom. The second-order valence-corrected chi connectivity index (χ2v) is 5.26. The maximum atomic E-state index is 11.5. The SMILES string of the molecule is CCNC(=O)Cc1ccc(NCC2CCOCC2)cc1. The van der Waals surface area contributed by atoms with Crippen LogP contribution in [0.4, 0.5) is 5.69 Å². The molecule has 0 unspecified atom stereocenters. The first-order valence-corrected chi connectivity index (χ1v) is 7.45. The van der Waals surface area contributed by atoms with Crippen LogP contribution in [0.3, 0.4) is 0 Å². The van der Waals surface area contributed by atoms with Gasteiger partial charge in [-0.2, -0.15) is 0 Å². The lowest BCUT2D eigenvalue weighted by molar-refractivity contribution is -0.120. The molecule has 0 radical (unpaired) electrons. The molecule has 1 aliphatic rings. The molecule has 110 valence electrons. The molecule has 1 amide bonds. The highest BCUT2D eigenvalue weighted by Crippen LogP contribution is 2.16. The summed E-state index contributed by atoms with van der Waals surface area (Å²) < 4.78 is 5.36. The molecule has 4 heteroatoms. The van der Waals surface area contributed by atoms with E-state index in [-0.39, 0.29) is 5.91 Å². The lowest BCUT2D eigenvalue weighted by Gasteiger charge is -2.22. The summed E-state index contributed by atoms with van der Waals surface area (Å²) in [5.74, 6) is 0.786. The van der Waals surface area contributed by atoms with Crippen LogP contribution < -0.4 is 10.6 Å². The third kappa shape index (κ3) is 4.85. The predicted octanol–water partition coefficient (Wildman–Crippen LogP) is 2.20. The number of rotatable bonds is 6. The van der Waals surface area contributed by atoms with Crippen molar-refractivity contribution in [1.29, 1.82) is 0 Å². The summed E-state index contributed by atoms with van der Waals surface area (Å²) in [6.07, 6.45) is 2.73. The number of carbonyl (C=O) groups is 1. The largest absolute Gasteiger partial charge is 0.385 e. The van der Waals surface area contributed by atoms with Gasteiger partial charge in [0, 0.05) is 32.0 Å². The van der Waals surface area contributed by atoms with Crippen molar-refractivity contribution in [2.45, 2.75) is 26.2 Å². The van der Waals surface area contributed by atoms with Crippen molar-refractivity contribution in [3.8, 4) is 0 Å². The van der Waals surface area contributed by atoms with Gasteiger partial charge in [-0.05, 0) is 43.4 Å². The molecule has 20 heavy (non-hydrogen) atoms. The minimum absolute atomic E-state index is 0.0791. The summed E-state index contributed by atoms with van der Waals surface area (Å²) in [7, 11) is 0. The maximum Gasteiger partial charge on any atom is 0.224 e. The van der Waals surface area contributed by atoms with Crippen molar-refractivity contribution < 1.29 is 9.53 Å². The highest BCUT2D eigenvalue weighted by Gasteiger charge is 2.13. The normalized spacial score (nSPS) is 15.8. The van der Waals surface area contributed by atoms with Crippen LogP contribution in [0, 0.1) is 5.92 Å². The number of benzene rings is 1. The molecule has 0 spiro atoms. The Morgan fingerprint density at radius 3 is 2.60 bits per heavy atom. The Morgan fingerprint density at radius 1 is 1.25 bits per heavy atom. The molecule has 0 atom stereocenters. The second kappa shape index (κ2) is 7.90. The van der Waals surface area contributed by atoms with E-state index in [1.165, 1.54) is 0 Å². The van der Waals surface area contributed by atoms with E-state index >= 15 is 0 Å². The first-order valence-electron chi connectivity index (χ1n) is 7.45. The van der Waals surface area contributed by atoms with E-state index in [4.69, 9.17) is 4.74 Å². The quantitative estimate of drug-likeness (QED) is 0.837. The van der Waals surface area contributed by atoms with Gasteiger partial charge in [-0.3, -0.25) is 4.79 Å². The average molecular weight is 276 g/mol. The van der Waals surface area contributed by atoms with Crippen LogP contribution in [0.25, 0.3) is 0 Å². The molecule has 2 rings (SSSR count). The topological polar surface area (TPSA) is 50.4 Å². The number of hydrogen-bond donors (Lipinski definition) is 2. The Kier molecular flexibility index (Phi) is 5.87. The Labute approximate surface area is 120 Å². The van der Waals surface area contributed by atoms with E-state index in [1.807, 2.05) is 31.2 Å². The van der Waals surface area contributed by atoms with Gasteiger partial charge in [0.15, 0.2) is 0 Å². The maximum absolute atomic E-state index is 11.5. The van der Waals surface area contributed by atoms with E-state index in [0.29, 0.717) is 18.9 Å². The number of hydrogen-bond acceptors (Lipinski definition) is 3. The predicted molar refractivity (Wildman–Crippen MR) is 80.9 cm³/mol. The molecule has 2 N–H and O–H groups in total. The Balaban J connectivity index is 1.77. The average Bonchev–Trinajstić information content (AvgIpc) is 2.48. The highest BCUT2D eigenvalue weighted by atomic mass is 16.5. The number of likely N-dealkylation sites (N-methyl/N-ethyl adjacent to an activating group) is 1. The number of anilines is 1. The van der Waals surface area contributed by atoms with Gasteiger partial charge in [-0.25, -0.2) is 0 Å². The summed E-state index contributed by atoms with van der Waals surface area (Å²) >= 11 is 0. The van der Waals surface area contributed by atoms with Gasteiger partial charge in [0.25, 0.3) is 0 Å². The number of amides is 1. The third-order valence-corrected chi connectivity index (χ3v) is 3.63. The highest BCUT2D eigenvalue weighted by molar-refractivity contribution is 5.78. The zero-order valence-electron chi connectivity index (χ0n) is 12.2. The Bertz CT molecular complexity index is 411. The summed E-state index contributed by atoms with van der Waals surface area (Å²) in [5, 5.41) is 6.27. The third-order valence-electron chi connectivity index (χ3n) is 3.63. The minimum Gasteiger partial charge on any atom is -0.385 e. The molecule has 1 aromatic rings. The van der Waals surface area contributed by atoms with Crippen molar-refractivity contribution >= 4 is 11.6 Å². The molecule has 0 bridgehead atoms. The molecule has 1 aliphatic heterocycles. The van der Waals surface area contributed by atoms with E-state index in [1.54, 1.807) is 0 Å². The molecular weight excluding hydrogens is 252 g/mol. The lowest BCUT2D eigenvalue weighted by Crippen LogP contribution is -2.24. The molecular formula is C16H24N2O2. The van der Waals surface area contributed by atoms with Gasteiger partial charge >= 0.3 is 0 Å². The standard InChI is InChI=1S/C16H24N2O2/c1-2-17-16(19)11-13-3-5-15(6-4-13)18-12-14-7-9-20-10-8-14/h3-6,14,18H,2,7-12H2,1H3,(H,17,19). The smallest absolute Gasteiger partial charge is 0.224 e. The molecule has 1 aromatic carbocycles. The van der Waals surface area contributed by atoms with Crippen LogP contribution in [0.5, 0.6) is 0 Å². The second-order valence-electron chi connectivity index (χ2n) is 5.26. The van der Waals surface area contributed by atoms with Crippen LogP contribution in [-0.4, -0.2) is 32.2 Å². The van der Waals surface area contributed by atoms with Crippen LogP contribution in [0.15, 0.2) is 24.3 Å².